The van der Waals surface area contributed by atoms with Crippen LogP contribution in [-0.2, 0) is 4.79 Å². The fraction of sp³-hybridized carbons (Fsp3) is 0.615. The highest BCUT2D eigenvalue weighted by Gasteiger charge is 2.25. The molecule has 1 aliphatic rings. The van der Waals surface area contributed by atoms with Crippen molar-refractivity contribution in [3.63, 3.8) is 0 Å². The standard InChI is InChI=1S/C13H20N4O/c1-13(2,3)15-11-8-7-10(16-17-11)14-12(18)9-5-4-6-9/h7-9H,4-6H2,1-3H3,(H,15,17)(H,14,16,18). The SMILES string of the molecule is CC(C)(C)Nc1ccc(NC(=O)C2CCC2)nn1. The largest absolute Gasteiger partial charge is 0.364 e. The summed E-state index contributed by atoms with van der Waals surface area (Å²) in [5.74, 6) is 1.46. The number of hydrogen-bond acceptors (Lipinski definition) is 4. The number of amides is 1. The van der Waals surface area contributed by atoms with Gasteiger partial charge in [0.1, 0.15) is 5.82 Å². The van der Waals surface area contributed by atoms with E-state index in [0.717, 1.165) is 19.3 Å². The third-order valence-corrected chi connectivity index (χ3v) is 2.89. The van der Waals surface area contributed by atoms with E-state index in [9.17, 15) is 4.79 Å². The summed E-state index contributed by atoms with van der Waals surface area (Å²) in [6, 6.07) is 3.60. The van der Waals surface area contributed by atoms with Gasteiger partial charge in [0.05, 0.1) is 0 Å². The van der Waals surface area contributed by atoms with Gasteiger partial charge in [-0.05, 0) is 45.7 Å². The van der Waals surface area contributed by atoms with E-state index in [0.29, 0.717) is 11.6 Å². The summed E-state index contributed by atoms with van der Waals surface area (Å²) in [6.45, 7) is 6.17. The maximum Gasteiger partial charge on any atom is 0.228 e. The molecule has 1 saturated carbocycles. The number of carbonyl (C=O) groups excluding carboxylic acids is 1. The zero-order chi connectivity index (χ0) is 13.2. The molecule has 1 fully saturated rings. The Hall–Kier alpha value is -1.65. The summed E-state index contributed by atoms with van der Waals surface area (Å²) in [6.07, 6.45) is 3.13. The zero-order valence-electron chi connectivity index (χ0n) is 11.2. The smallest absolute Gasteiger partial charge is 0.228 e. The van der Waals surface area contributed by atoms with Gasteiger partial charge in [-0.15, -0.1) is 10.2 Å². The second kappa shape index (κ2) is 4.92. The van der Waals surface area contributed by atoms with Gasteiger partial charge in [-0.3, -0.25) is 4.79 Å². The molecule has 0 atom stereocenters. The quantitative estimate of drug-likeness (QED) is 0.862. The van der Waals surface area contributed by atoms with E-state index in [2.05, 4.69) is 41.6 Å². The van der Waals surface area contributed by atoms with Gasteiger partial charge >= 0.3 is 0 Å². The molecule has 1 aromatic heterocycles. The Morgan fingerprint density at radius 2 is 1.83 bits per heavy atom. The van der Waals surface area contributed by atoms with Crippen LogP contribution >= 0.6 is 0 Å². The molecule has 1 aromatic rings. The first-order valence-corrected chi connectivity index (χ1v) is 6.37. The van der Waals surface area contributed by atoms with Gasteiger partial charge in [0.15, 0.2) is 5.82 Å². The molecule has 0 spiro atoms. The Balaban J connectivity index is 1.92. The normalized spacial score (nSPS) is 15.9. The Kier molecular flexibility index (Phi) is 3.50. The predicted molar refractivity (Wildman–Crippen MR) is 71.4 cm³/mol. The number of aromatic nitrogens is 2. The lowest BCUT2D eigenvalue weighted by atomic mass is 9.85. The second-order valence-corrected chi connectivity index (χ2v) is 5.80. The van der Waals surface area contributed by atoms with Crippen LogP contribution in [0, 0.1) is 5.92 Å². The molecule has 2 N–H and O–H groups in total. The van der Waals surface area contributed by atoms with Gasteiger partial charge in [0, 0.05) is 11.5 Å². The van der Waals surface area contributed by atoms with Crippen LogP contribution in [0.3, 0.4) is 0 Å². The molecule has 5 heteroatoms. The molecule has 98 valence electrons. The fourth-order valence-corrected chi connectivity index (χ4v) is 1.75. The summed E-state index contributed by atoms with van der Waals surface area (Å²) in [5, 5.41) is 14.1. The molecule has 0 unspecified atom stereocenters. The summed E-state index contributed by atoms with van der Waals surface area (Å²) in [7, 11) is 0. The number of anilines is 2. The Morgan fingerprint density at radius 3 is 2.28 bits per heavy atom. The minimum absolute atomic E-state index is 0.0502. The summed E-state index contributed by atoms with van der Waals surface area (Å²) >= 11 is 0. The summed E-state index contributed by atoms with van der Waals surface area (Å²) in [4.78, 5) is 11.7. The van der Waals surface area contributed by atoms with Crippen LogP contribution in [0.2, 0.25) is 0 Å². The average Bonchev–Trinajstić information content (AvgIpc) is 2.16. The van der Waals surface area contributed by atoms with Gasteiger partial charge in [0.25, 0.3) is 0 Å². The lowest BCUT2D eigenvalue weighted by Gasteiger charge is -2.24. The highest BCUT2D eigenvalue weighted by molar-refractivity contribution is 5.92. The molecule has 0 saturated heterocycles. The van der Waals surface area contributed by atoms with Crippen molar-refractivity contribution in [2.24, 2.45) is 5.92 Å². The first-order valence-electron chi connectivity index (χ1n) is 6.37. The average molecular weight is 248 g/mol. The lowest BCUT2D eigenvalue weighted by molar-refractivity contribution is -0.122. The lowest BCUT2D eigenvalue weighted by Crippen LogP contribution is -2.29. The molecular formula is C13H20N4O. The Morgan fingerprint density at radius 1 is 1.22 bits per heavy atom. The van der Waals surface area contributed by atoms with Crippen LogP contribution < -0.4 is 10.6 Å². The van der Waals surface area contributed by atoms with E-state index in [1.165, 1.54) is 0 Å². The highest BCUT2D eigenvalue weighted by atomic mass is 16.2. The third kappa shape index (κ3) is 3.42. The number of rotatable bonds is 3. The number of nitrogens with one attached hydrogen (secondary N) is 2. The fourth-order valence-electron chi connectivity index (χ4n) is 1.75. The molecule has 0 radical (unpaired) electrons. The van der Waals surface area contributed by atoms with Crippen LogP contribution in [0.1, 0.15) is 40.0 Å². The van der Waals surface area contributed by atoms with Crippen molar-refractivity contribution >= 4 is 17.5 Å². The van der Waals surface area contributed by atoms with Gasteiger partial charge in [-0.1, -0.05) is 6.42 Å². The number of nitrogens with zero attached hydrogens (tertiary/aromatic N) is 2. The second-order valence-electron chi connectivity index (χ2n) is 5.80. The van der Waals surface area contributed by atoms with Gasteiger partial charge in [-0.2, -0.15) is 0 Å². The maximum atomic E-state index is 11.7. The van der Waals surface area contributed by atoms with Crippen molar-refractivity contribution in [2.45, 2.75) is 45.6 Å². The highest BCUT2D eigenvalue weighted by Crippen LogP contribution is 2.27. The predicted octanol–water partition coefficient (Wildman–Crippen LogP) is 2.43. The van der Waals surface area contributed by atoms with Crippen LogP contribution in [0.25, 0.3) is 0 Å². The molecular weight excluding hydrogens is 228 g/mol. The van der Waals surface area contributed by atoms with E-state index in [-0.39, 0.29) is 17.4 Å². The minimum Gasteiger partial charge on any atom is -0.364 e. The van der Waals surface area contributed by atoms with Gasteiger partial charge in [0.2, 0.25) is 5.91 Å². The van der Waals surface area contributed by atoms with Crippen molar-refractivity contribution in [3.8, 4) is 0 Å². The molecule has 0 bridgehead atoms. The molecule has 5 nitrogen and oxygen atoms in total. The molecule has 1 aliphatic carbocycles. The molecule has 18 heavy (non-hydrogen) atoms. The monoisotopic (exact) mass is 248 g/mol. The first-order chi connectivity index (χ1) is 8.44. The Labute approximate surface area is 107 Å². The van der Waals surface area contributed by atoms with E-state index >= 15 is 0 Å². The van der Waals surface area contributed by atoms with Crippen LogP contribution in [-0.4, -0.2) is 21.6 Å². The van der Waals surface area contributed by atoms with Crippen LogP contribution in [0.4, 0.5) is 11.6 Å². The minimum atomic E-state index is -0.0502. The van der Waals surface area contributed by atoms with E-state index in [1.54, 1.807) is 6.07 Å². The van der Waals surface area contributed by atoms with Crippen molar-refractivity contribution in [3.05, 3.63) is 12.1 Å². The van der Waals surface area contributed by atoms with E-state index in [4.69, 9.17) is 0 Å². The number of hydrogen-bond donors (Lipinski definition) is 2. The number of carbonyl (C=O) groups is 1. The van der Waals surface area contributed by atoms with E-state index < -0.39 is 0 Å². The maximum absolute atomic E-state index is 11.7. The molecule has 2 rings (SSSR count). The molecule has 1 amide bonds. The molecule has 0 aliphatic heterocycles. The van der Waals surface area contributed by atoms with Crippen molar-refractivity contribution < 1.29 is 4.79 Å². The van der Waals surface area contributed by atoms with Gasteiger partial charge in [-0.25, -0.2) is 0 Å². The Bertz CT molecular complexity index is 418. The zero-order valence-corrected chi connectivity index (χ0v) is 11.2. The summed E-state index contributed by atoms with van der Waals surface area (Å²) < 4.78 is 0. The van der Waals surface area contributed by atoms with Crippen LogP contribution in [0.5, 0.6) is 0 Å². The summed E-state index contributed by atoms with van der Waals surface area (Å²) in [5.41, 5.74) is -0.0502. The van der Waals surface area contributed by atoms with Crippen molar-refractivity contribution in [2.75, 3.05) is 10.6 Å². The third-order valence-electron chi connectivity index (χ3n) is 2.89. The van der Waals surface area contributed by atoms with Gasteiger partial charge < -0.3 is 10.6 Å². The molecule has 1 heterocycles. The molecule has 0 aromatic carbocycles. The van der Waals surface area contributed by atoms with Crippen molar-refractivity contribution in [1.29, 1.82) is 0 Å². The van der Waals surface area contributed by atoms with Crippen LogP contribution in [0.15, 0.2) is 12.1 Å². The topological polar surface area (TPSA) is 66.9 Å². The first kappa shape index (κ1) is 12.8. The van der Waals surface area contributed by atoms with E-state index in [1.807, 2.05) is 6.07 Å². The van der Waals surface area contributed by atoms with Crippen molar-refractivity contribution in [1.82, 2.24) is 10.2 Å².